The monoisotopic (exact) mass is 625 g/mol. The molecular formula is C45H27N3O. The fraction of sp³-hybridized carbons (Fsp3) is 0. The number of fused-ring (bicyclic) bond motifs is 9. The van der Waals surface area contributed by atoms with E-state index in [2.05, 4.69) is 127 Å². The Bertz CT molecular complexity index is 2860. The Morgan fingerprint density at radius 1 is 0.306 bits per heavy atom. The molecule has 4 heteroatoms. The zero-order valence-electron chi connectivity index (χ0n) is 26.3. The standard InChI is InChI=1S/C45H27N3O/c1-2-12-28(13-3-1)29-14-10-15-30(26-29)43-46-44(48-45(47-43)38-21-11-23-41-42(38)37-20-8-9-22-40(37)49-41)31-24-25-36-34-18-5-4-16-32(34)33-17-6-7-19-35(33)39(36)27-31/h1-27H. The normalized spacial score (nSPS) is 11.7. The van der Waals surface area contributed by atoms with Gasteiger partial charge in [-0.1, -0.05) is 140 Å². The number of benzene rings is 8. The van der Waals surface area contributed by atoms with Gasteiger partial charge in [0, 0.05) is 27.5 Å². The summed E-state index contributed by atoms with van der Waals surface area (Å²) in [6, 6.07) is 56.9. The molecule has 0 unspecified atom stereocenters. The summed E-state index contributed by atoms with van der Waals surface area (Å²) in [5.41, 5.74) is 6.65. The smallest absolute Gasteiger partial charge is 0.164 e. The van der Waals surface area contributed by atoms with E-state index in [9.17, 15) is 0 Å². The van der Waals surface area contributed by atoms with Crippen LogP contribution in [-0.4, -0.2) is 15.0 Å². The van der Waals surface area contributed by atoms with Crippen LogP contribution in [0.4, 0.5) is 0 Å². The molecule has 0 fully saturated rings. The second kappa shape index (κ2) is 11.0. The van der Waals surface area contributed by atoms with Gasteiger partial charge in [-0.3, -0.25) is 0 Å². The van der Waals surface area contributed by atoms with Crippen LogP contribution in [0.3, 0.4) is 0 Å². The zero-order chi connectivity index (χ0) is 32.3. The van der Waals surface area contributed by atoms with Crippen LogP contribution in [0.25, 0.3) is 99.5 Å². The lowest BCUT2D eigenvalue weighted by Crippen LogP contribution is -2.00. The minimum atomic E-state index is 0.603. The number of aromatic nitrogens is 3. The summed E-state index contributed by atoms with van der Waals surface area (Å²) in [7, 11) is 0. The van der Waals surface area contributed by atoms with Crippen molar-refractivity contribution in [1.82, 2.24) is 15.0 Å². The van der Waals surface area contributed by atoms with Gasteiger partial charge in [-0.05, 0) is 67.7 Å². The summed E-state index contributed by atoms with van der Waals surface area (Å²) in [5, 5.41) is 9.33. The van der Waals surface area contributed by atoms with Crippen LogP contribution in [0.5, 0.6) is 0 Å². The molecule has 2 aromatic heterocycles. The molecule has 10 aromatic rings. The fourth-order valence-electron chi connectivity index (χ4n) is 7.23. The highest BCUT2D eigenvalue weighted by Crippen LogP contribution is 2.39. The third kappa shape index (κ3) is 4.49. The van der Waals surface area contributed by atoms with Crippen LogP contribution in [-0.2, 0) is 0 Å². The van der Waals surface area contributed by atoms with Crippen molar-refractivity contribution < 1.29 is 4.42 Å². The molecule has 4 nitrogen and oxygen atoms in total. The molecule has 0 aliphatic carbocycles. The predicted octanol–water partition coefficient (Wildman–Crippen LogP) is 11.9. The van der Waals surface area contributed by atoms with E-state index in [0.29, 0.717) is 17.5 Å². The van der Waals surface area contributed by atoms with Crippen LogP contribution >= 0.6 is 0 Å². The van der Waals surface area contributed by atoms with Crippen molar-refractivity contribution in [1.29, 1.82) is 0 Å². The number of furan rings is 1. The molecule has 228 valence electrons. The van der Waals surface area contributed by atoms with E-state index in [1.165, 1.54) is 32.3 Å². The lowest BCUT2D eigenvalue weighted by molar-refractivity contribution is 0.669. The maximum atomic E-state index is 6.26. The molecule has 0 N–H and O–H groups in total. The Balaban J connectivity index is 1.24. The number of para-hydroxylation sites is 1. The van der Waals surface area contributed by atoms with Crippen LogP contribution in [0.15, 0.2) is 168 Å². The van der Waals surface area contributed by atoms with Crippen LogP contribution in [0.1, 0.15) is 0 Å². The SMILES string of the molecule is c1ccc(-c2cccc(-c3nc(-c4ccc5c6ccccc6c6ccccc6c5c4)nc(-c4cccc5oc6ccccc6c45)n3)c2)cc1. The largest absolute Gasteiger partial charge is 0.456 e. The van der Waals surface area contributed by atoms with Gasteiger partial charge in [0.1, 0.15) is 11.2 Å². The van der Waals surface area contributed by atoms with Gasteiger partial charge in [0.2, 0.25) is 0 Å². The molecule has 10 rings (SSSR count). The molecular weight excluding hydrogens is 599 g/mol. The van der Waals surface area contributed by atoms with Gasteiger partial charge in [-0.2, -0.15) is 0 Å². The van der Waals surface area contributed by atoms with E-state index in [0.717, 1.165) is 49.8 Å². The summed E-state index contributed by atoms with van der Waals surface area (Å²) in [4.78, 5) is 15.5. The lowest BCUT2D eigenvalue weighted by Gasteiger charge is -2.13. The van der Waals surface area contributed by atoms with Gasteiger partial charge in [0.15, 0.2) is 17.5 Å². The van der Waals surface area contributed by atoms with Gasteiger partial charge in [0.25, 0.3) is 0 Å². The Labute approximate surface area is 282 Å². The Hall–Kier alpha value is -6.65. The number of nitrogens with zero attached hydrogens (tertiary/aromatic N) is 3. The van der Waals surface area contributed by atoms with Crippen LogP contribution in [0, 0.1) is 0 Å². The Kier molecular flexibility index (Phi) is 6.15. The molecule has 0 aliphatic rings. The van der Waals surface area contributed by atoms with Gasteiger partial charge in [-0.15, -0.1) is 0 Å². The molecule has 0 spiro atoms. The average molecular weight is 626 g/mol. The number of hydrogen-bond acceptors (Lipinski definition) is 4. The second-order valence-corrected chi connectivity index (χ2v) is 12.4. The van der Waals surface area contributed by atoms with E-state index in [-0.39, 0.29) is 0 Å². The lowest BCUT2D eigenvalue weighted by atomic mass is 9.93. The first-order chi connectivity index (χ1) is 24.3. The van der Waals surface area contributed by atoms with E-state index < -0.39 is 0 Å². The molecule has 0 radical (unpaired) electrons. The summed E-state index contributed by atoms with van der Waals surface area (Å²) in [6.45, 7) is 0. The van der Waals surface area contributed by atoms with E-state index in [1.807, 2.05) is 36.4 Å². The third-order valence-corrected chi connectivity index (χ3v) is 9.51. The molecule has 0 aliphatic heterocycles. The van der Waals surface area contributed by atoms with Crippen molar-refractivity contribution in [3.63, 3.8) is 0 Å². The van der Waals surface area contributed by atoms with Crippen LogP contribution in [0.2, 0.25) is 0 Å². The maximum absolute atomic E-state index is 6.26. The molecule has 8 aromatic carbocycles. The maximum Gasteiger partial charge on any atom is 0.164 e. The highest BCUT2D eigenvalue weighted by atomic mass is 16.3. The Morgan fingerprint density at radius 3 is 1.55 bits per heavy atom. The van der Waals surface area contributed by atoms with Crippen molar-refractivity contribution in [3.05, 3.63) is 164 Å². The molecule has 0 saturated heterocycles. The Morgan fingerprint density at radius 2 is 0.816 bits per heavy atom. The summed E-state index contributed by atoms with van der Waals surface area (Å²) in [5.74, 6) is 1.84. The topological polar surface area (TPSA) is 51.8 Å². The molecule has 0 atom stereocenters. The van der Waals surface area contributed by atoms with Crippen LogP contribution < -0.4 is 0 Å². The quantitative estimate of drug-likeness (QED) is 0.183. The first-order valence-corrected chi connectivity index (χ1v) is 16.4. The fourth-order valence-corrected chi connectivity index (χ4v) is 7.23. The minimum Gasteiger partial charge on any atom is -0.456 e. The first-order valence-electron chi connectivity index (χ1n) is 16.4. The van der Waals surface area contributed by atoms with Crippen molar-refractivity contribution >= 4 is 54.3 Å². The van der Waals surface area contributed by atoms with Gasteiger partial charge < -0.3 is 4.42 Å². The van der Waals surface area contributed by atoms with Gasteiger partial charge in [0.05, 0.1) is 0 Å². The molecule has 0 bridgehead atoms. The van der Waals surface area contributed by atoms with Crippen molar-refractivity contribution in [2.75, 3.05) is 0 Å². The molecule has 0 saturated carbocycles. The van der Waals surface area contributed by atoms with Gasteiger partial charge in [-0.25, -0.2) is 15.0 Å². The van der Waals surface area contributed by atoms with Gasteiger partial charge >= 0.3 is 0 Å². The van der Waals surface area contributed by atoms with Crippen molar-refractivity contribution in [3.8, 4) is 45.3 Å². The minimum absolute atomic E-state index is 0.603. The third-order valence-electron chi connectivity index (χ3n) is 9.51. The van der Waals surface area contributed by atoms with E-state index in [1.54, 1.807) is 0 Å². The summed E-state index contributed by atoms with van der Waals surface area (Å²) >= 11 is 0. The van der Waals surface area contributed by atoms with E-state index in [4.69, 9.17) is 19.4 Å². The van der Waals surface area contributed by atoms with Crippen molar-refractivity contribution in [2.45, 2.75) is 0 Å². The number of rotatable bonds is 4. The van der Waals surface area contributed by atoms with E-state index >= 15 is 0 Å². The average Bonchev–Trinajstić information content (AvgIpc) is 3.57. The summed E-state index contributed by atoms with van der Waals surface area (Å²) in [6.07, 6.45) is 0. The highest BCUT2D eigenvalue weighted by molar-refractivity contribution is 6.25. The summed E-state index contributed by atoms with van der Waals surface area (Å²) < 4.78 is 6.26. The van der Waals surface area contributed by atoms with Crippen molar-refractivity contribution in [2.24, 2.45) is 0 Å². The second-order valence-electron chi connectivity index (χ2n) is 12.4. The molecule has 2 heterocycles. The predicted molar refractivity (Wildman–Crippen MR) is 201 cm³/mol. The zero-order valence-corrected chi connectivity index (χ0v) is 26.3. The highest BCUT2D eigenvalue weighted by Gasteiger charge is 2.19. The first kappa shape index (κ1) is 27.5. The number of hydrogen-bond donors (Lipinski definition) is 0. The molecule has 0 amide bonds. The molecule has 49 heavy (non-hydrogen) atoms.